The summed E-state index contributed by atoms with van der Waals surface area (Å²) in [5.74, 6) is 1.64. The van der Waals surface area contributed by atoms with Crippen LogP contribution in [0.3, 0.4) is 0 Å². The Kier molecular flexibility index (Phi) is 3.23. The van der Waals surface area contributed by atoms with E-state index in [2.05, 4.69) is 41.9 Å². The van der Waals surface area contributed by atoms with Gasteiger partial charge in [0, 0.05) is 12.1 Å². The molecule has 5 heteroatoms. The molecule has 3 rings (SSSR count). The summed E-state index contributed by atoms with van der Waals surface area (Å²) >= 11 is 0. The zero-order valence-electron chi connectivity index (χ0n) is 11.3. The first-order valence-corrected chi connectivity index (χ1v) is 6.64. The Morgan fingerprint density at radius 1 is 1.32 bits per heavy atom. The van der Waals surface area contributed by atoms with Crippen molar-refractivity contribution >= 4 is 0 Å². The van der Waals surface area contributed by atoms with Gasteiger partial charge >= 0.3 is 0 Å². The number of nitrogens with one attached hydrogen (secondary N) is 2. The van der Waals surface area contributed by atoms with E-state index in [1.807, 2.05) is 34.2 Å². The molecule has 0 unspecified atom stereocenters. The Morgan fingerprint density at radius 2 is 2.11 bits per heavy atom. The molecule has 2 heterocycles. The fourth-order valence-electron chi connectivity index (χ4n) is 2.06. The monoisotopic (exact) mass is 257 g/mol. The average Bonchev–Trinajstić information content (AvgIpc) is 2.95. The largest absolute Gasteiger partial charge is 0.241 e. The Balaban J connectivity index is 1.69. The summed E-state index contributed by atoms with van der Waals surface area (Å²) in [6.45, 7) is 6.09. The van der Waals surface area contributed by atoms with Gasteiger partial charge in [0.05, 0.1) is 18.4 Å². The average molecular weight is 257 g/mol. The molecule has 1 aromatic heterocycles. The minimum atomic E-state index is 0.620. The lowest BCUT2D eigenvalue weighted by atomic mass is 10.2. The third-order valence-corrected chi connectivity index (χ3v) is 3.07. The van der Waals surface area contributed by atoms with Crippen molar-refractivity contribution in [3.8, 4) is 11.3 Å². The Bertz CT molecular complexity index is 523. The first-order chi connectivity index (χ1) is 9.22. The van der Waals surface area contributed by atoms with Gasteiger partial charge in [0.25, 0.3) is 0 Å². The van der Waals surface area contributed by atoms with Crippen LogP contribution in [0.15, 0.2) is 36.5 Å². The van der Waals surface area contributed by atoms with Crippen molar-refractivity contribution < 1.29 is 0 Å². The topological polar surface area (TPSA) is 45.1 Å². The molecular weight excluding hydrogens is 238 g/mol. The number of rotatable bonds is 4. The number of hydrogen-bond acceptors (Lipinski definition) is 4. The number of fused-ring (bicyclic) bond motifs is 1. The van der Waals surface area contributed by atoms with Crippen molar-refractivity contribution in [1.29, 1.82) is 0 Å². The Hall–Kier alpha value is -1.85. The van der Waals surface area contributed by atoms with E-state index in [4.69, 9.17) is 0 Å². The normalized spacial score (nSPS) is 14.7. The lowest BCUT2D eigenvalue weighted by Crippen LogP contribution is -2.42. The molecule has 0 spiro atoms. The highest BCUT2D eigenvalue weighted by Crippen LogP contribution is 2.20. The van der Waals surface area contributed by atoms with Crippen molar-refractivity contribution in [3.63, 3.8) is 0 Å². The maximum absolute atomic E-state index is 4.66. The van der Waals surface area contributed by atoms with E-state index in [0.29, 0.717) is 5.92 Å². The molecular formula is C14H19N5. The highest BCUT2D eigenvalue weighted by molar-refractivity contribution is 5.58. The smallest absolute Gasteiger partial charge is 0.147 e. The Morgan fingerprint density at radius 3 is 2.79 bits per heavy atom. The second-order valence-electron chi connectivity index (χ2n) is 5.22. The van der Waals surface area contributed by atoms with Gasteiger partial charge in [-0.1, -0.05) is 44.2 Å². The number of hydrogen-bond donors (Lipinski definition) is 2. The fourth-order valence-corrected chi connectivity index (χ4v) is 2.06. The molecule has 0 aliphatic carbocycles. The molecule has 1 aliphatic rings. The summed E-state index contributed by atoms with van der Waals surface area (Å²) in [7, 11) is 0. The first kappa shape index (κ1) is 12.2. The molecule has 0 amide bonds. The van der Waals surface area contributed by atoms with Crippen LogP contribution in [-0.2, 0) is 6.54 Å². The Labute approximate surface area is 113 Å². The van der Waals surface area contributed by atoms with Gasteiger partial charge in [-0.2, -0.15) is 0 Å². The second kappa shape index (κ2) is 5.03. The molecule has 0 fully saturated rings. The summed E-state index contributed by atoms with van der Waals surface area (Å²) in [4.78, 5) is 4.66. The van der Waals surface area contributed by atoms with Gasteiger partial charge in [-0.3, -0.25) is 0 Å². The van der Waals surface area contributed by atoms with Gasteiger partial charge in [0.2, 0.25) is 0 Å². The maximum atomic E-state index is 4.66. The van der Waals surface area contributed by atoms with Crippen LogP contribution in [0, 0.1) is 5.92 Å². The van der Waals surface area contributed by atoms with Crippen molar-refractivity contribution in [2.24, 2.45) is 5.92 Å². The predicted octanol–water partition coefficient (Wildman–Crippen LogP) is 1.98. The minimum absolute atomic E-state index is 0.620. The van der Waals surface area contributed by atoms with E-state index < -0.39 is 0 Å². The standard InChI is InChI=1S/C14H19N5/c1-11(2)8-15-19-10-14-16-13(9-18(14)17-19)12-6-4-3-5-7-12/h3-7,9,11,15,17H,8,10H2,1-2H3. The van der Waals surface area contributed by atoms with E-state index in [9.17, 15) is 0 Å². The molecule has 0 atom stereocenters. The zero-order valence-corrected chi connectivity index (χ0v) is 11.3. The molecule has 2 aromatic rings. The van der Waals surface area contributed by atoms with E-state index in [0.717, 1.165) is 30.2 Å². The van der Waals surface area contributed by atoms with Crippen LogP contribution >= 0.6 is 0 Å². The van der Waals surface area contributed by atoms with Crippen molar-refractivity contribution in [2.75, 3.05) is 12.1 Å². The van der Waals surface area contributed by atoms with Gasteiger partial charge in [-0.05, 0) is 5.92 Å². The van der Waals surface area contributed by atoms with Gasteiger partial charge in [0.1, 0.15) is 5.82 Å². The van der Waals surface area contributed by atoms with Gasteiger partial charge in [0.15, 0.2) is 0 Å². The van der Waals surface area contributed by atoms with Crippen LogP contribution < -0.4 is 11.0 Å². The molecule has 19 heavy (non-hydrogen) atoms. The van der Waals surface area contributed by atoms with Crippen molar-refractivity contribution in [1.82, 2.24) is 20.2 Å². The summed E-state index contributed by atoms with van der Waals surface area (Å²) < 4.78 is 1.97. The summed E-state index contributed by atoms with van der Waals surface area (Å²) in [6.07, 6.45) is 2.03. The summed E-state index contributed by atoms with van der Waals surface area (Å²) in [5, 5.41) is 1.97. The quantitative estimate of drug-likeness (QED) is 0.879. The van der Waals surface area contributed by atoms with Crippen LogP contribution in [0.1, 0.15) is 19.7 Å². The SMILES string of the molecule is CC(C)CNN1Cc2nc(-c3ccccc3)cn2N1. The van der Waals surface area contributed by atoms with Crippen molar-refractivity contribution in [2.45, 2.75) is 20.4 Å². The van der Waals surface area contributed by atoms with Crippen LogP contribution in [0.4, 0.5) is 0 Å². The second-order valence-corrected chi connectivity index (χ2v) is 5.22. The fraction of sp³-hybridized carbons (Fsp3) is 0.357. The molecule has 5 nitrogen and oxygen atoms in total. The van der Waals surface area contributed by atoms with E-state index in [1.165, 1.54) is 0 Å². The molecule has 100 valence electrons. The van der Waals surface area contributed by atoms with E-state index in [-0.39, 0.29) is 0 Å². The van der Waals surface area contributed by atoms with E-state index in [1.54, 1.807) is 0 Å². The number of hydrazine groups is 2. The van der Waals surface area contributed by atoms with Crippen LogP contribution in [0.2, 0.25) is 0 Å². The van der Waals surface area contributed by atoms with Crippen LogP contribution in [-0.4, -0.2) is 21.3 Å². The number of benzene rings is 1. The highest BCUT2D eigenvalue weighted by atomic mass is 15.9. The van der Waals surface area contributed by atoms with Crippen molar-refractivity contribution in [3.05, 3.63) is 42.4 Å². The van der Waals surface area contributed by atoms with Crippen LogP contribution in [0.25, 0.3) is 11.3 Å². The molecule has 0 bridgehead atoms. The predicted molar refractivity (Wildman–Crippen MR) is 75.4 cm³/mol. The minimum Gasteiger partial charge on any atom is -0.241 e. The number of aromatic nitrogens is 2. The molecule has 1 aliphatic heterocycles. The lowest BCUT2D eigenvalue weighted by Gasteiger charge is -2.18. The number of imidazole rings is 1. The number of nitrogens with zero attached hydrogens (tertiary/aromatic N) is 3. The first-order valence-electron chi connectivity index (χ1n) is 6.64. The third kappa shape index (κ3) is 2.62. The molecule has 0 saturated heterocycles. The lowest BCUT2D eigenvalue weighted by molar-refractivity contribution is 0.212. The third-order valence-electron chi connectivity index (χ3n) is 3.07. The van der Waals surface area contributed by atoms with Gasteiger partial charge in [-0.15, -0.1) is 5.12 Å². The molecule has 0 radical (unpaired) electrons. The molecule has 2 N–H and O–H groups in total. The summed E-state index contributed by atoms with van der Waals surface area (Å²) in [5.41, 5.74) is 8.74. The van der Waals surface area contributed by atoms with Gasteiger partial charge in [-0.25, -0.2) is 20.6 Å². The highest BCUT2D eigenvalue weighted by Gasteiger charge is 2.20. The van der Waals surface area contributed by atoms with Crippen LogP contribution in [0.5, 0.6) is 0 Å². The molecule has 1 aromatic carbocycles. The maximum Gasteiger partial charge on any atom is 0.147 e. The zero-order chi connectivity index (χ0) is 13.2. The molecule has 0 saturated carbocycles. The van der Waals surface area contributed by atoms with E-state index >= 15 is 0 Å². The summed E-state index contributed by atoms with van der Waals surface area (Å²) in [6, 6.07) is 10.2. The van der Waals surface area contributed by atoms with Gasteiger partial charge < -0.3 is 0 Å².